The van der Waals surface area contributed by atoms with Crippen LogP contribution < -0.4 is 10.1 Å². The van der Waals surface area contributed by atoms with E-state index in [4.69, 9.17) is 4.74 Å². The molecule has 1 aromatic heterocycles. The molecule has 4 nitrogen and oxygen atoms in total. The van der Waals surface area contributed by atoms with Crippen LogP contribution in [0.25, 0.3) is 0 Å². The molecule has 0 aliphatic heterocycles. The summed E-state index contributed by atoms with van der Waals surface area (Å²) in [5.41, 5.74) is 2.52. The number of aromatic nitrogens is 2. The Kier molecular flexibility index (Phi) is 4.02. The van der Waals surface area contributed by atoms with E-state index in [9.17, 15) is 0 Å². The third-order valence-electron chi connectivity index (χ3n) is 3.68. The van der Waals surface area contributed by atoms with Gasteiger partial charge >= 0.3 is 0 Å². The molecule has 0 bridgehead atoms. The highest BCUT2D eigenvalue weighted by Gasteiger charge is 2.20. The molecule has 1 saturated carbocycles. The normalized spacial score (nSPS) is 14.4. The number of nitrogens with one attached hydrogen (secondary N) is 1. The van der Waals surface area contributed by atoms with Gasteiger partial charge in [-0.15, -0.1) is 0 Å². The Labute approximate surface area is 119 Å². The van der Waals surface area contributed by atoms with Gasteiger partial charge < -0.3 is 10.1 Å². The van der Waals surface area contributed by atoms with E-state index in [1.54, 1.807) is 0 Å². The summed E-state index contributed by atoms with van der Waals surface area (Å²) >= 11 is 0. The number of nitrogens with zero attached hydrogens (tertiary/aromatic N) is 2. The smallest absolute Gasteiger partial charge is 0.119 e. The number of rotatable bonds is 7. The molecule has 1 N–H and O–H groups in total. The molecule has 1 heterocycles. The molecule has 0 amide bonds. The van der Waals surface area contributed by atoms with Crippen molar-refractivity contribution in [3.8, 4) is 5.75 Å². The minimum absolute atomic E-state index is 0.641. The van der Waals surface area contributed by atoms with E-state index in [0.29, 0.717) is 6.61 Å². The van der Waals surface area contributed by atoms with Crippen LogP contribution in [0, 0.1) is 6.92 Å². The summed E-state index contributed by atoms with van der Waals surface area (Å²) in [5, 5.41) is 7.97. The van der Waals surface area contributed by atoms with Gasteiger partial charge in [0.1, 0.15) is 12.4 Å². The van der Waals surface area contributed by atoms with Crippen LogP contribution in [-0.2, 0) is 13.1 Å². The molecule has 1 aromatic carbocycles. The second-order valence-corrected chi connectivity index (χ2v) is 5.30. The van der Waals surface area contributed by atoms with Crippen molar-refractivity contribution in [1.29, 1.82) is 0 Å². The van der Waals surface area contributed by atoms with Crippen LogP contribution in [-0.4, -0.2) is 22.4 Å². The molecule has 2 aromatic rings. The zero-order valence-electron chi connectivity index (χ0n) is 11.9. The summed E-state index contributed by atoms with van der Waals surface area (Å²) < 4.78 is 7.73. The van der Waals surface area contributed by atoms with E-state index in [-0.39, 0.29) is 0 Å². The summed E-state index contributed by atoms with van der Waals surface area (Å²) in [6, 6.07) is 10.6. The highest BCUT2D eigenvalue weighted by molar-refractivity contribution is 5.21. The Morgan fingerprint density at radius 3 is 2.85 bits per heavy atom. The van der Waals surface area contributed by atoms with Gasteiger partial charge in [-0.25, -0.2) is 0 Å². The van der Waals surface area contributed by atoms with Gasteiger partial charge in [-0.2, -0.15) is 5.10 Å². The average Bonchev–Trinajstić information content (AvgIpc) is 3.24. The number of para-hydroxylation sites is 1. The van der Waals surface area contributed by atoms with Crippen molar-refractivity contribution in [2.24, 2.45) is 0 Å². The van der Waals surface area contributed by atoms with Crippen molar-refractivity contribution >= 4 is 0 Å². The van der Waals surface area contributed by atoms with Crippen molar-refractivity contribution in [3.05, 3.63) is 47.8 Å². The first-order valence-electron chi connectivity index (χ1n) is 7.25. The van der Waals surface area contributed by atoms with Crippen LogP contribution in [0.4, 0.5) is 0 Å². The van der Waals surface area contributed by atoms with Crippen LogP contribution in [0.15, 0.2) is 36.5 Å². The fraction of sp³-hybridized carbons (Fsp3) is 0.438. The highest BCUT2D eigenvalue weighted by Crippen LogP contribution is 2.19. The van der Waals surface area contributed by atoms with Gasteiger partial charge in [0.05, 0.1) is 12.7 Å². The summed E-state index contributed by atoms with van der Waals surface area (Å²) in [7, 11) is 0. The summed E-state index contributed by atoms with van der Waals surface area (Å²) in [4.78, 5) is 0. The molecular formula is C16H21N3O. The van der Waals surface area contributed by atoms with Gasteiger partial charge in [0.25, 0.3) is 0 Å². The molecule has 1 aliphatic rings. The van der Waals surface area contributed by atoms with Crippen molar-refractivity contribution in [1.82, 2.24) is 15.1 Å². The molecule has 0 atom stereocenters. The van der Waals surface area contributed by atoms with Gasteiger partial charge in [0.2, 0.25) is 0 Å². The van der Waals surface area contributed by atoms with E-state index in [1.807, 2.05) is 41.2 Å². The molecule has 4 heteroatoms. The molecular weight excluding hydrogens is 250 g/mol. The Morgan fingerprint density at radius 2 is 2.10 bits per heavy atom. The zero-order chi connectivity index (χ0) is 13.8. The van der Waals surface area contributed by atoms with Crippen LogP contribution in [0.5, 0.6) is 5.75 Å². The molecule has 0 radical (unpaired) electrons. The third-order valence-corrected chi connectivity index (χ3v) is 3.68. The molecule has 0 unspecified atom stereocenters. The Balaban J connectivity index is 1.49. The largest absolute Gasteiger partial charge is 0.492 e. The predicted molar refractivity (Wildman–Crippen MR) is 78.8 cm³/mol. The van der Waals surface area contributed by atoms with Gasteiger partial charge in [-0.3, -0.25) is 4.68 Å². The Bertz CT molecular complexity index is 546. The molecule has 0 spiro atoms. The molecule has 3 rings (SSSR count). The standard InChI is InChI=1S/C16H21N3O/c1-13-14(11-17-15-7-8-15)12-18-19(13)9-10-20-16-5-3-2-4-6-16/h2-6,12,15,17H,7-11H2,1H3. The number of hydrogen-bond acceptors (Lipinski definition) is 3. The van der Waals surface area contributed by atoms with Gasteiger partial charge in [-0.05, 0) is 31.9 Å². The van der Waals surface area contributed by atoms with Gasteiger partial charge in [-0.1, -0.05) is 18.2 Å². The van der Waals surface area contributed by atoms with Crippen LogP contribution >= 0.6 is 0 Å². The third kappa shape index (κ3) is 3.39. The van der Waals surface area contributed by atoms with Crippen molar-refractivity contribution in [3.63, 3.8) is 0 Å². The summed E-state index contributed by atoms with van der Waals surface area (Å²) in [6.45, 7) is 4.47. The van der Waals surface area contributed by atoms with Crippen LogP contribution in [0.3, 0.4) is 0 Å². The number of hydrogen-bond donors (Lipinski definition) is 1. The summed E-state index contributed by atoms with van der Waals surface area (Å²) in [5.74, 6) is 0.910. The molecule has 20 heavy (non-hydrogen) atoms. The lowest BCUT2D eigenvalue weighted by atomic mass is 10.2. The average molecular weight is 271 g/mol. The Hall–Kier alpha value is -1.81. The van der Waals surface area contributed by atoms with E-state index in [1.165, 1.54) is 24.1 Å². The van der Waals surface area contributed by atoms with E-state index >= 15 is 0 Å². The maximum Gasteiger partial charge on any atom is 0.119 e. The number of ether oxygens (including phenoxy) is 1. The highest BCUT2D eigenvalue weighted by atomic mass is 16.5. The zero-order valence-corrected chi connectivity index (χ0v) is 11.9. The minimum atomic E-state index is 0.641. The monoisotopic (exact) mass is 271 g/mol. The van der Waals surface area contributed by atoms with Crippen molar-refractivity contribution in [2.75, 3.05) is 6.61 Å². The van der Waals surface area contributed by atoms with Crippen LogP contribution in [0.1, 0.15) is 24.1 Å². The lowest BCUT2D eigenvalue weighted by molar-refractivity contribution is 0.290. The lowest BCUT2D eigenvalue weighted by Gasteiger charge is -2.08. The number of benzene rings is 1. The van der Waals surface area contributed by atoms with Crippen molar-refractivity contribution < 1.29 is 4.74 Å². The lowest BCUT2D eigenvalue weighted by Crippen LogP contribution is -2.16. The molecule has 106 valence electrons. The second-order valence-electron chi connectivity index (χ2n) is 5.30. The topological polar surface area (TPSA) is 39.1 Å². The molecule has 0 saturated heterocycles. The van der Waals surface area contributed by atoms with E-state index in [0.717, 1.165) is 24.9 Å². The minimum Gasteiger partial charge on any atom is -0.492 e. The fourth-order valence-electron chi connectivity index (χ4n) is 2.19. The van der Waals surface area contributed by atoms with Gasteiger partial charge in [0, 0.05) is 23.8 Å². The molecule has 1 fully saturated rings. The van der Waals surface area contributed by atoms with E-state index < -0.39 is 0 Å². The second kappa shape index (κ2) is 6.09. The first-order valence-corrected chi connectivity index (χ1v) is 7.25. The van der Waals surface area contributed by atoms with Gasteiger partial charge in [0.15, 0.2) is 0 Å². The van der Waals surface area contributed by atoms with Crippen molar-refractivity contribution in [2.45, 2.75) is 38.9 Å². The predicted octanol–water partition coefficient (Wildman–Crippen LogP) is 2.52. The maximum absolute atomic E-state index is 5.71. The maximum atomic E-state index is 5.71. The molecule has 1 aliphatic carbocycles. The Morgan fingerprint density at radius 1 is 1.30 bits per heavy atom. The summed E-state index contributed by atoms with van der Waals surface area (Å²) in [6.07, 6.45) is 4.60. The van der Waals surface area contributed by atoms with E-state index in [2.05, 4.69) is 17.3 Å². The van der Waals surface area contributed by atoms with Crippen LogP contribution in [0.2, 0.25) is 0 Å². The fourth-order valence-corrected chi connectivity index (χ4v) is 2.19. The first kappa shape index (κ1) is 13.2. The SMILES string of the molecule is Cc1c(CNC2CC2)cnn1CCOc1ccccc1. The quantitative estimate of drug-likeness (QED) is 0.841. The first-order chi connectivity index (χ1) is 9.83.